The summed E-state index contributed by atoms with van der Waals surface area (Å²) in [4.78, 5) is 24.0. The summed E-state index contributed by atoms with van der Waals surface area (Å²) in [5, 5.41) is 11.6. The molecule has 0 saturated carbocycles. The molecule has 18 heavy (non-hydrogen) atoms. The number of urea groups is 1. The second-order valence-electron chi connectivity index (χ2n) is 4.89. The molecule has 0 aromatic heterocycles. The fourth-order valence-corrected chi connectivity index (χ4v) is 2.67. The van der Waals surface area contributed by atoms with Gasteiger partial charge in [0.25, 0.3) is 0 Å². The van der Waals surface area contributed by atoms with Crippen molar-refractivity contribution in [1.82, 2.24) is 10.2 Å². The van der Waals surface area contributed by atoms with Gasteiger partial charge in [-0.1, -0.05) is 0 Å². The summed E-state index contributed by atoms with van der Waals surface area (Å²) in [7, 11) is 0. The number of nitrogens with zero attached hydrogens (tertiary/aromatic N) is 1. The lowest BCUT2D eigenvalue weighted by Gasteiger charge is -2.26. The number of nitrogens with one attached hydrogen (secondary N) is 1. The number of carbonyl (C=O) groups is 2. The molecule has 2 amide bonds. The highest BCUT2D eigenvalue weighted by Crippen LogP contribution is 2.34. The van der Waals surface area contributed by atoms with Crippen LogP contribution in [0, 0.1) is 0 Å². The second kappa shape index (κ2) is 5.56. The molecule has 6 nitrogen and oxygen atoms in total. The molecule has 3 unspecified atom stereocenters. The van der Waals surface area contributed by atoms with Gasteiger partial charge in [-0.3, -0.25) is 4.79 Å². The second-order valence-corrected chi connectivity index (χ2v) is 4.89. The van der Waals surface area contributed by atoms with Crippen LogP contribution in [0.4, 0.5) is 4.79 Å². The molecule has 0 aromatic carbocycles. The molecule has 2 N–H and O–H groups in total. The third-order valence-electron chi connectivity index (χ3n) is 3.68. The fourth-order valence-electron chi connectivity index (χ4n) is 2.67. The zero-order valence-corrected chi connectivity index (χ0v) is 10.6. The van der Waals surface area contributed by atoms with Gasteiger partial charge >= 0.3 is 12.0 Å². The van der Waals surface area contributed by atoms with E-state index in [1.165, 1.54) is 4.90 Å². The van der Waals surface area contributed by atoms with Crippen LogP contribution in [0.25, 0.3) is 0 Å². The van der Waals surface area contributed by atoms with E-state index in [0.29, 0.717) is 12.6 Å². The first-order valence-electron chi connectivity index (χ1n) is 6.52. The average molecular weight is 256 g/mol. The number of amides is 2. The smallest absolute Gasteiger partial charge is 0.317 e. The van der Waals surface area contributed by atoms with Crippen molar-refractivity contribution >= 4 is 12.0 Å². The fraction of sp³-hybridized carbons (Fsp3) is 0.833. The maximum absolute atomic E-state index is 12.0. The Kier molecular flexibility index (Phi) is 4.06. The lowest BCUT2D eigenvalue weighted by atomic mass is 9.96. The number of carboxylic acids is 1. The lowest BCUT2D eigenvalue weighted by Crippen LogP contribution is -2.48. The van der Waals surface area contributed by atoms with E-state index in [9.17, 15) is 9.59 Å². The van der Waals surface area contributed by atoms with Crippen molar-refractivity contribution in [3.8, 4) is 0 Å². The van der Waals surface area contributed by atoms with Crippen LogP contribution >= 0.6 is 0 Å². The quantitative estimate of drug-likeness (QED) is 0.763. The summed E-state index contributed by atoms with van der Waals surface area (Å²) in [6.45, 7) is 2.61. The van der Waals surface area contributed by atoms with E-state index >= 15 is 0 Å². The minimum atomic E-state index is -0.885. The molecular weight excluding hydrogens is 236 g/mol. The van der Waals surface area contributed by atoms with E-state index in [4.69, 9.17) is 9.84 Å². The van der Waals surface area contributed by atoms with Gasteiger partial charge in [-0.2, -0.15) is 0 Å². The molecule has 0 aromatic rings. The molecule has 2 saturated heterocycles. The highest BCUT2D eigenvalue weighted by atomic mass is 16.5. The molecule has 0 aliphatic carbocycles. The first-order valence-corrected chi connectivity index (χ1v) is 6.52. The van der Waals surface area contributed by atoms with E-state index in [-0.39, 0.29) is 31.1 Å². The van der Waals surface area contributed by atoms with Crippen molar-refractivity contribution < 1.29 is 19.4 Å². The van der Waals surface area contributed by atoms with Crippen LogP contribution in [-0.4, -0.2) is 53.3 Å². The van der Waals surface area contributed by atoms with Crippen LogP contribution in [0.1, 0.15) is 32.6 Å². The van der Waals surface area contributed by atoms with Gasteiger partial charge in [0.15, 0.2) is 0 Å². The van der Waals surface area contributed by atoms with Crippen LogP contribution in [-0.2, 0) is 9.53 Å². The SMILES string of the molecule is CCN(CCC(=O)O)C(=O)NC1CC2CCC1O2. The van der Waals surface area contributed by atoms with Crippen molar-refractivity contribution in [2.45, 2.75) is 50.9 Å². The standard InChI is InChI=1S/C12H20N2O4/c1-2-14(6-5-11(15)16)12(17)13-9-7-8-3-4-10(9)18-8/h8-10H,2-7H2,1H3,(H,13,17)(H,15,16). The van der Waals surface area contributed by atoms with Gasteiger partial charge in [0.05, 0.1) is 24.7 Å². The van der Waals surface area contributed by atoms with Crippen LogP contribution < -0.4 is 5.32 Å². The zero-order chi connectivity index (χ0) is 13.1. The van der Waals surface area contributed by atoms with Gasteiger partial charge < -0.3 is 20.1 Å². The molecule has 3 atom stereocenters. The van der Waals surface area contributed by atoms with E-state index in [1.807, 2.05) is 6.92 Å². The topological polar surface area (TPSA) is 78.9 Å². The Hall–Kier alpha value is -1.30. The first-order chi connectivity index (χ1) is 8.60. The Morgan fingerprint density at radius 1 is 1.44 bits per heavy atom. The van der Waals surface area contributed by atoms with Crippen molar-refractivity contribution in [2.75, 3.05) is 13.1 Å². The van der Waals surface area contributed by atoms with Crippen LogP contribution in [0.3, 0.4) is 0 Å². The Bertz CT molecular complexity index is 334. The van der Waals surface area contributed by atoms with Gasteiger partial charge in [-0.15, -0.1) is 0 Å². The van der Waals surface area contributed by atoms with Crippen molar-refractivity contribution in [2.24, 2.45) is 0 Å². The monoisotopic (exact) mass is 256 g/mol. The number of rotatable bonds is 5. The summed E-state index contributed by atoms with van der Waals surface area (Å²) in [5.41, 5.74) is 0. The number of fused-ring (bicyclic) bond motifs is 2. The number of carbonyl (C=O) groups excluding carboxylic acids is 1. The maximum atomic E-state index is 12.0. The number of hydrogen-bond donors (Lipinski definition) is 2. The Morgan fingerprint density at radius 3 is 2.72 bits per heavy atom. The van der Waals surface area contributed by atoms with Gasteiger partial charge in [0.2, 0.25) is 0 Å². The van der Waals surface area contributed by atoms with Crippen molar-refractivity contribution in [1.29, 1.82) is 0 Å². The Labute approximate surface area is 106 Å². The minimum Gasteiger partial charge on any atom is -0.481 e. The molecule has 2 aliphatic rings. The first kappa shape index (κ1) is 13.1. The summed E-state index contributed by atoms with van der Waals surface area (Å²) in [5.74, 6) is -0.885. The lowest BCUT2D eigenvalue weighted by molar-refractivity contribution is -0.137. The Balaban J connectivity index is 1.80. The van der Waals surface area contributed by atoms with E-state index in [1.54, 1.807) is 0 Å². The average Bonchev–Trinajstić information content (AvgIpc) is 2.91. The normalized spacial score (nSPS) is 29.3. The van der Waals surface area contributed by atoms with Gasteiger partial charge in [0, 0.05) is 13.1 Å². The molecule has 2 bridgehead atoms. The third kappa shape index (κ3) is 2.93. The Morgan fingerprint density at radius 2 is 2.22 bits per heavy atom. The van der Waals surface area contributed by atoms with Crippen LogP contribution in [0.15, 0.2) is 0 Å². The minimum absolute atomic E-state index is 0.0194. The van der Waals surface area contributed by atoms with Gasteiger partial charge in [-0.25, -0.2) is 4.79 Å². The molecule has 2 fully saturated rings. The maximum Gasteiger partial charge on any atom is 0.317 e. The third-order valence-corrected chi connectivity index (χ3v) is 3.68. The highest BCUT2D eigenvalue weighted by Gasteiger charge is 2.41. The van der Waals surface area contributed by atoms with E-state index < -0.39 is 5.97 Å². The molecule has 0 spiro atoms. The molecule has 6 heteroatoms. The predicted molar refractivity (Wildman–Crippen MR) is 64.3 cm³/mol. The van der Waals surface area contributed by atoms with Gasteiger partial charge in [0.1, 0.15) is 0 Å². The highest BCUT2D eigenvalue weighted by molar-refractivity contribution is 5.75. The molecular formula is C12H20N2O4. The number of hydrogen-bond acceptors (Lipinski definition) is 3. The largest absolute Gasteiger partial charge is 0.481 e. The predicted octanol–water partition coefficient (Wildman–Crippen LogP) is 0.812. The molecule has 2 rings (SSSR count). The van der Waals surface area contributed by atoms with Crippen molar-refractivity contribution in [3.05, 3.63) is 0 Å². The van der Waals surface area contributed by atoms with Crippen molar-refractivity contribution in [3.63, 3.8) is 0 Å². The zero-order valence-electron chi connectivity index (χ0n) is 10.6. The molecule has 0 radical (unpaired) electrons. The summed E-state index contributed by atoms with van der Waals surface area (Å²) in [6.07, 6.45) is 3.41. The van der Waals surface area contributed by atoms with Crippen LogP contribution in [0.2, 0.25) is 0 Å². The number of aliphatic carboxylic acids is 1. The van der Waals surface area contributed by atoms with E-state index in [2.05, 4.69) is 5.32 Å². The molecule has 2 aliphatic heterocycles. The summed E-state index contributed by atoms with van der Waals surface area (Å²) in [6, 6.07) is -0.0879. The number of carboxylic acid groups (broad SMARTS) is 1. The van der Waals surface area contributed by atoms with Crippen LogP contribution in [0.5, 0.6) is 0 Å². The molecule has 102 valence electrons. The summed E-state index contributed by atoms with van der Waals surface area (Å²) < 4.78 is 5.67. The summed E-state index contributed by atoms with van der Waals surface area (Å²) >= 11 is 0. The van der Waals surface area contributed by atoms with E-state index in [0.717, 1.165) is 19.3 Å². The van der Waals surface area contributed by atoms with Gasteiger partial charge in [-0.05, 0) is 26.2 Å². The number of ether oxygens (including phenoxy) is 1. The molecule has 2 heterocycles.